The van der Waals surface area contributed by atoms with Crippen LogP contribution >= 0.6 is 0 Å². The topological polar surface area (TPSA) is 57.2 Å². The zero-order valence-electron chi connectivity index (χ0n) is 9.47. The second kappa shape index (κ2) is 3.68. The van der Waals surface area contributed by atoms with Crippen LogP contribution in [0.2, 0.25) is 0 Å². The van der Waals surface area contributed by atoms with Gasteiger partial charge in [-0.1, -0.05) is 0 Å². The Morgan fingerprint density at radius 2 is 1.80 bits per heavy atom. The summed E-state index contributed by atoms with van der Waals surface area (Å²) in [5.41, 5.74) is 0. The van der Waals surface area contributed by atoms with E-state index in [1.807, 2.05) is 13.8 Å². The maximum absolute atomic E-state index is 9.91. The summed E-state index contributed by atoms with van der Waals surface area (Å²) in [4.78, 5) is 0. The molecule has 2 aliphatic heterocycles. The van der Waals surface area contributed by atoms with Gasteiger partial charge in [0.1, 0.15) is 18.3 Å². The minimum atomic E-state index is -0.694. The predicted octanol–water partition coefficient (Wildman–Crippen LogP) is 0.259. The van der Waals surface area contributed by atoms with E-state index in [9.17, 15) is 5.11 Å². The lowest BCUT2D eigenvalue weighted by molar-refractivity contribution is -0.262. The summed E-state index contributed by atoms with van der Waals surface area (Å²) in [6, 6.07) is 0. The number of hydrogen-bond donors (Lipinski definition) is 1. The average Bonchev–Trinajstić information content (AvgIpc) is 2.48. The lowest BCUT2D eigenvalue weighted by atomic mass is 10.0. The highest BCUT2D eigenvalue weighted by Crippen LogP contribution is 2.37. The highest BCUT2D eigenvalue weighted by Gasteiger charge is 2.54. The van der Waals surface area contributed by atoms with Crippen LogP contribution in [0.15, 0.2) is 0 Å². The van der Waals surface area contributed by atoms with Crippen molar-refractivity contribution < 1.29 is 24.1 Å². The molecule has 0 saturated carbocycles. The van der Waals surface area contributed by atoms with Crippen molar-refractivity contribution >= 4 is 0 Å². The van der Waals surface area contributed by atoms with E-state index in [-0.39, 0.29) is 18.3 Å². The third kappa shape index (κ3) is 1.90. The van der Waals surface area contributed by atoms with Crippen LogP contribution in [0.4, 0.5) is 0 Å². The molecule has 2 fully saturated rings. The van der Waals surface area contributed by atoms with Gasteiger partial charge in [-0.25, -0.2) is 0 Å². The van der Waals surface area contributed by atoms with Crippen LogP contribution in [-0.4, -0.2) is 48.7 Å². The van der Waals surface area contributed by atoms with Gasteiger partial charge in [-0.05, 0) is 20.8 Å². The van der Waals surface area contributed by atoms with Crippen LogP contribution < -0.4 is 0 Å². The lowest BCUT2D eigenvalue weighted by Crippen LogP contribution is -2.55. The Kier molecular flexibility index (Phi) is 2.77. The van der Waals surface area contributed by atoms with E-state index >= 15 is 0 Å². The summed E-state index contributed by atoms with van der Waals surface area (Å²) in [5, 5.41) is 9.91. The van der Waals surface area contributed by atoms with Crippen LogP contribution in [0.3, 0.4) is 0 Å². The Labute approximate surface area is 89.3 Å². The van der Waals surface area contributed by atoms with Gasteiger partial charge < -0.3 is 24.1 Å². The molecular weight excluding hydrogens is 200 g/mol. The van der Waals surface area contributed by atoms with Gasteiger partial charge in [0.25, 0.3) is 0 Å². The summed E-state index contributed by atoms with van der Waals surface area (Å²) in [5.74, 6) is -0.694. The molecule has 3 unspecified atom stereocenters. The molecule has 5 heteroatoms. The Balaban J connectivity index is 2.18. The van der Waals surface area contributed by atoms with Crippen molar-refractivity contribution in [3.05, 3.63) is 0 Å². The molecule has 0 aromatic rings. The van der Waals surface area contributed by atoms with E-state index in [0.29, 0.717) is 0 Å². The van der Waals surface area contributed by atoms with Crippen LogP contribution in [0, 0.1) is 0 Å². The van der Waals surface area contributed by atoms with Gasteiger partial charge in [-0.2, -0.15) is 0 Å². The van der Waals surface area contributed by atoms with Crippen molar-refractivity contribution in [3.63, 3.8) is 0 Å². The number of fused-ring (bicyclic) bond motifs is 1. The average molecular weight is 218 g/mol. The highest BCUT2D eigenvalue weighted by molar-refractivity contribution is 4.94. The first-order valence-corrected chi connectivity index (χ1v) is 5.16. The first-order valence-electron chi connectivity index (χ1n) is 5.16. The van der Waals surface area contributed by atoms with Crippen LogP contribution in [0.5, 0.6) is 0 Å². The third-order valence-corrected chi connectivity index (χ3v) is 2.83. The second-order valence-corrected chi connectivity index (χ2v) is 4.50. The molecular formula is C10H18O5. The van der Waals surface area contributed by atoms with Crippen LogP contribution in [0.25, 0.3) is 0 Å². The smallest absolute Gasteiger partial charge is 0.186 e. The minimum Gasteiger partial charge on any atom is -0.388 e. The first kappa shape index (κ1) is 11.3. The van der Waals surface area contributed by atoms with Gasteiger partial charge in [0, 0.05) is 7.11 Å². The van der Waals surface area contributed by atoms with Gasteiger partial charge in [0.15, 0.2) is 12.1 Å². The number of ether oxygens (including phenoxy) is 4. The molecule has 1 N–H and O–H groups in total. The van der Waals surface area contributed by atoms with E-state index in [1.165, 1.54) is 0 Å². The molecule has 2 aliphatic rings. The van der Waals surface area contributed by atoms with Gasteiger partial charge in [0.2, 0.25) is 0 Å². The fourth-order valence-electron chi connectivity index (χ4n) is 2.12. The number of rotatable bonds is 1. The van der Waals surface area contributed by atoms with E-state index in [0.717, 1.165) is 0 Å². The largest absolute Gasteiger partial charge is 0.388 e. The maximum atomic E-state index is 9.91. The lowest BCUT2D eigenvalue weighted by Gasteiger charge is -2.37. The number of aliphatic hydroxyl groups excluding tert-OH is 1. The molecule has 0 bridgehead atoms. The normalized spacial score (nSPS) is 49.0. The molecule has 5 atom stereocenters. The summed E-state index contributed by atoms with van der Waals surface area (Å²) in [6.07, 6.45) is -2.21. The zero-order chi connectivity index (χ0) is 11.2. The molecule has 2 heterocycles. The molecule has 0 amide bonds. The molecule has 88 valence electrons. The van der Waals surface area contributed by atoms with Crippen LogP contribution in [-0.2, 0) is 18.9 Å². The van der Waals surface area contributed by atoms with Crippen molar-refractivity contribution in [3.8, 4) is 0 Å². The van der Waals surface area contributed by atoms with Crippen molar-refractivity contribution in [2.45, 2.75) is 57.3 Å². The number of hydrogen-bond acceptors (Lipinski definition) is 5. The molecule has 2 saturated heterocycles. The Hall–Kier alpha value is -0.200. The molecule has 0 spiro atoms. The quantitative estimate of drug-likeness (QED) is 0.684. The van der Waals surface area contributed by atoms with Gasteiger partial charge in [0.05, 0.1) is 6.10 Å². The van der Waals surface area contributed by atoms with Crippen molar-refractivity contribution in [1.29, 1.82) is 0 Å². The van der Waals surface area contributed by atoms with Crippen molar-refractivity contribution in [2.75, 3.05) is 7.11 Å². The van der Waals surface area contributed by atoms with Gasteiger partial charge >= 0.3 is 0 Å². The summed E-state index contributed by atoms with van der Waals surface area (Å²) in [6.45, 7) is 5.42. The monoisotopic (exact) mass is 218 g/mol. The third-order valence-electron chi connectivity index (χ3n) is 2.83. The second-order valence-electron chi connectivity index (χ2n) is 4.50. The van der Waals surface area contributed by atoms with E-state index in [1.54, 1.807) is 14.0 Å². The van der Waals surface area contributed by atoms with E-state index in [4.69, 9.17) is 18.9 Å². The first-order chi connectivity index (χ1) is 6.94. The predicted molar refractivity (Wildman–Crippen MR) is 51.2 cm³/mol. The SMILES string of the molecule is CO[C@H]1OC(C)[C@@H](O)C2OC(C)(C)OC21. The molecule has 0 aliphatic carbocycles. The highest BCUT2D eigenvalue weighted by atomic mass is 16.8. The van der Waals surface area contributed by atoms with Gasteiger partial charge in [-0.3, -0.25) is 0 Å². The Morgan fingerprint density at radius 3 is 2.40 bits per heavy atom. The van der Waals surface area contributed by atoms with Crippen molar-refractivity contribution in [1.82, 2.24) is 0 Å². The summed E-state index contributed by atoms with van der Waals surface area (Å²) >= 11 is 0. The number of aliphatic hydroxyl groups is 1. The number of methoxy groups -OCH3 is 1. The van der Waals surface area contributed by atoms with Crippen molar-refractivity contribution in [2.24, 2.45) is 0 Å². The fourth-order valence-corrected chi connectivity index (χ4v) is 2.12. The standard InChI is InChI=1S/C10H18O5/c1-5-6(11)7-8(9(12-4)13-5)15-10(2,3)14-7/h5-9,11H,1-4H3/t5?,6-,7?,8?,9+/m1/s1. The fraction of sp³-hybridized carbons (Fsp3) is 1.00. The molecule has 0 aromatic heterocycles. The van der Waals surface area contributed by atoms with Crippen LogP contribution in [0.1, 0.15) is 20.8 Å². The zero-order valence-corrected chi connectivity index (χ0v) is 9.47. The molecule has 15 heavy (non-hydrogen) atoms. The molecule has 0 aromatic carbocycles. The van der Waals surface area contributed by atoms with Gasteiger partial charge in [-0.15, -0.1) is 0 Å². The molecule has 0 radical (unpaired) electrons. The maximum Gasteiger partial charge on any atom is 0.186 e. The molecule has 5 nitrogen and oxygen atoms in total. The summed E-state index contributed by atoms with van der Waals surface area (Å²) < 4.78 is 21.9. The Bertz CT molecular complexity index is 234. The van der Waals surface area contributed by atoms with E-state index in [2.05, 4.69) is 0 Å². The Morgan fingerprint density at radius 1 is 1.20 bits per heavy atom. The minimum absolute atomic E-state index is 0.311. The molecule has 2 rings (SSSR count). The summed E-state index contributed by atoms with van der Waals surface area (Å²) in [7, 11) is 1.56. The van der Waals surface area contributed by atoms with E-state index < -0.39 is 18.2 Å².